The highest BCUT2D eigenvalue weighted by molar-refractivity contribution is 5.95. The van der Waals surface area contributed by atoms with Gasteiger partial charge in [-0.1, -0.05) is 32.9 Å². The van der Waals surface area contributed by atoms with Crippen LogP contribution in [0.15, 0.2) is 42.5 Å². The van der Waals surface area contributed by atoms with Crippen LogP contribution in [0.25, 0.3) is 0 Å². The van der Waals surface area contributed by atoms with Gasteiger partial charge >= 0.3 is 0 Å². The Bertz CT molecular complexity index is 625. The zero-order valence-corrected chi connectivity index (χ0v) is 13.1. The number of Topliss-reactive ketones (excluding diaryl/α,β-unsaturated/α-hetero) is 1. The number of benzene rings is 2. The molecule has 0 saturated heterocycles. The molecule has 0 aliphatic heterocycles. The van der Waals surface area contributed by atoms with Gasteiger partial charge in [-0.15, -0.1) is 0 Å². The van der Waals surface area contributed by atoms with Gasteiger partial charge in [-0.25, -0.2) is 0 Å². The van der Waals surface area contributed by atoms with E-state index in [9.17, 15) is 4.79 Å². The molecule has 0 heterocycles. The van der Waals surface area contributed by atoms with Gasteiger partial charge in [-0.3, -0.25) is 4.79 Å². The van der Waals surface area contributed by atoms with Gasteiger partial charge in [-0.05, 0) is 54.3 Å². The molecule has 0 radical (unpaired) electrons. The van der Waals surface area contributed by atoms with Gasteiger partial charge in [-0.2, -0.15) is 0 Å². The molecule has 2 aromatic rings. The summed E-state index contributed by atoms with van der Waals surface area (Å²) in [4.78, 5) is 11.6. The molecule has 0 bridgehead atoms. The molecule has 0 aliphatic carbocycles. The molecule has 2 heteroatoms. The summed E-state index contributed by atoms with van der Waals surface area (Å²) in [6.45, 7) is 8.23. The molecule has 0 unspecified atom stereocenters. The van der Waals surface area contributed by atoms with E-state index in [1.165, 1.54) is 11.1 Å². The monoisotopic (exact) mass is 282 g/mol. The van der Waals surface area contributed by atoms with Crippen molar-refractivity contribution in [1.29, 1.82) is 0 Å². The average molecular weight is 282 g/mol. The third-order valence-corrected chi connectivity index (χ3v) is 3.52. The Labute approximate surface area is 126 Å². The number of carbonyl (C=O) groups excluding carboxylic acids is 1. The smallest absolute Gasteiger partial charge is 0.162 e. The van der Waals surface area contributed by atoms with Crippen molar-refractivity contribution >= 4 is 5.78 Å². The molecule has 21 heavy (non-hydrogen) atoms. The summed E-state index contributed by atoms with van der Waals surface area (Å²) < 4.78 is 6.01. The molecule has 0 fully saturated rings. The third-order valence-electron chi connectivity index (χ3n) is 3.52. The largest absolute Gasteiger partial charge is 0.457 e. The van der Waals surface area contributed by atoms with Crippen molar-refractivity contribution in [2.75, 3.05) is 0 Å². The maximum absolute atomic E-state index is 11.6. The van der Waals surface area contributed by atoms with Crippen LogP contribution in [0.4, 0.5) is 0 Å². The number of carbonyl (C=O) groups is 1. The van der Waals surface area contributed by atoms with E-state index < -0.39 is 0 Å². The number of hydrogen-bond donors (Lipinski definition) is 0. The zero-order valence-electron chi connectivity index (χ0n) is 13.1. The molecule has 0 aromatic heterocycles. The van der Waals surface area contributed by atoms with Crippen LogP contribution >= 0.6 is 0 Å². The van der Waals surface area contributed by atoms with E-state index >= 15 is 0 Å². The lowest BCUT2D eigenvalue weighted by atomic mass is 10.0. The summed E-state index contributed by atoms with van der Waals surface area (Å²) in [6.07, 6.45) is 0.523. The van der Waals surface area contributed by atoms with Crippen molar-refractivity contribution in [2.24, 2.45) is 0 Å². The predicted molar refractivity (Wildman–Crippen MR) is 86.4 cm³/mol. The molecule has 2 rings (SSSR count). The minimum absolute atomic E-state index is 0.153. The molecule has 110 valence electrons. The molecule has 0 atom stereocenters. The Kier molecular flexibility index (Phi) is 4.79. The van der Waals surface area contributed by atoms with Crippen LogP contribution in [0.1, 0.15) is 54.6 Å². The molecule has 0 amide bonds. The average Bonchev–Trinajstić information content (AvgIpc) is 2.47. The standard InChI is InChI=1S/C19H22O2/c1-5-18(20)15-7-9-16(10-8-15)21-19-12-14(4)6-11-17(19)13(2)3/h6-13H,5H2,1-4H3. The fraction of sp³-hybridized carbons (Fsp3) is 0.316. The lowest BCUT2D eigenvalue weighted by molar-refractivity contribution is 0.0988. The summed E-state index contributed by atoms with van der Waals surface area (Å²) in [5.74, 6) is 2.20. The van der Waals surface area contributed by atoms with Crippen LogP contribution in [-0.2, 0) is 0 Å². The van der Waals surface area contributed by atoms with E-state index in [4.69, 9.17) is 4.74 Å². The summed E-state index contributed by atoms with van der Waals surface area (Å²) in [7, 11) is 0. The van der Waals surface area contributed by atoms with E-state index in [0.29, 0.717) is 12.3 Å². The lowest BCUT2D eigenvalue weighted by Gasteiger charge is -2.14. The predicted octanol–water partition coefficient (Wildman–Crippen LogP) is 5.50. The first-order valence-electron chi connectivity index (χ1n) is 7.43. The van der Waals surface area contributed by atoms with Crippen LogP contribution < -0.4 is 4.74 Å². The lowest BCUT2D eigenvalue weighted by Crippen LogP contribution is -1.97. The Balaban J connectivity index is 2.26. The number of ketones is 1. The first-order chi connectivity index (χ1) is 10.0. The van der Waals surface area contributed by atoms with Crippen molar-refractivity contribution in [2.45, 2.75) is 40.0 Å². The zero-order chi connectivity index (χ0) is 15.4. The van der Waals surface area contributed by atoms with Gasteiger partial charge < -0.3 is 4.74 Å². The first kappa shape index (κ1) is 15.3. The van der Waals surface area contributed by atoms with E-state index in [0.717, 1.165) is 17.1 Å². The van der Waals surface area contributed by atoms with Crippen molar-refractivity contribution in [3.8, 4) is 11.5 Å². The van der Waals surface area contributed by atoms with Crippen molar-refractivity contribution in [3.63, 3.8) is 0 Å². The SMILES string of the molecule is CCC(=O)c1ccc(Oc2cc(C)ccc2C(C)C)cc1. The van der Waals surface area contributed by atoms with E-state index in [-0.39, 0.29) is 5.78 Å². The second kappa shape index (κ2) is 6.57. The first-order valence-corrected chi connectivity index (χ1v) is 7.43. The minimum atomic E-state index is 0.153. The maximum atomic E-state index is 11.6. The highest BCUT2D eigenvalue weighted by Crippen LogP contribution is 2.31. The molecule has 0 saturated carbocycles. The topological polar surface area (TPSA) is 26.3 Å². The molecule has 0 spiro atoms. The Morgan fingerprint density at radius 2 is 1.76 bits per heavy atom. The van der Waals surface area contributed by atoms with Gasteiger partial charge in [0.15, 0.2) is 5.78 Å². The van der Waals surface area contributed by atoms with Crippen LogP contribution in [0.3, 0.4) is 0 Å². The van der Waals surface area contributed by atoms with Crippen molar-refractivity contribution < 1.29 is 9.53 Å². The van der Waals surface area contributed by atoms with Gasteiger partial charge in [0.05, 0.1) is 0 Å². The maximum Gasteiger partial charge on any atom is 0.162 e. The highest BCUT2D eigenvalue weighted by Gasteiger charge is 2.10. The Morgan fingerprint density at radius 3 is 2.33 bits per heavy atom. The minimum Gasteiger partial charge on any atom is -0.457 e. The molecule has 0 aliphatic rings. The fourth-order valence-corrected chi connectivity index (χ4v) is 2.25. The second-order valence-electron chi connectivity index (χ2n) is 5.60. The molecule has 2 aromatic carbocycles. The normalized spacial score (nSPS) is 10.7. The Morgan fingerprint density at radius 1 is 1.10 bits per heavy atom. The quantitative estimate of drug-likeness (QED) is 0.676. The summed E-state index contributed by atoms with van der Waals surface area (Å²) in [5.41, 5.74) is 3.10. The van der Waals surface area contributed by atoms with Crippen LogP contribution in [0.2, 0.25) is 0 Å². The highest BCUT2D eigenvalue weighted by atomic mass is 16.5. The van der Waals surface area contributed by atoms with Gasteiger partial charge in [0.2, 0.25) is 0 Å². The van der Waals surface area contributed by atoms with Crippen molar-refractivity contribution in [1.82, 2.24) is 0 Å². The molecular weight excluding hydrogens is 260 g/mol. The third kappa shape index (κ3) is 3.72. The molecule has 2 nitrogen and oxygen atoms in total. The Hall–Kier alpha value is -2.09. The number of aryl methyl sites for hydroxylation is 1. The van der Waals surface area contributed by atoms with Gasteiger partial charge in [0.1, 0.15) is 11.5 Å². The van der Waals surface area contributed by atoms with E-state index in [1.54, 1.807) is 0 Å². The van der Waals surface area contributed by atoms with E-state index in [1.807, 2.05) is 31.2 Å². The number of rotatable bonds is 5. The summed E-state index contributed by atoms with van der Waals surface area (Å²) in [6, 6.07) is 13.6. The summed E-state index contributed by atoms with van der Waals surface area (Å²) in [5, 5.41) is 0. The fourth-order valence-electron chi connectivity index (χ4n) is 2.25. The van der Waals surface area contributed by atoms with Gasteiger partial charge in [0.25, 0.3) is 0 Å². The van der Waals surface area contributed by atoms with Crippen LogP contribution in [0.5, 0.6) is 11.5 Å². The van der Waals surface area contributed by atoms with Crippen LogP contribution in [-0.4, -0.2) is 5.78 Å². The number of ether oxygens (including phenoxy) is 1. The number of hydrogen-bond acceptors (Lipinski definition) is 2. The second-order valence-corrected chi connectivity index (χ2v) is 5.60. The van der Waals surface area contributed by atoms with Gasteiger partial charge in [0, 0.05) is 12.0 Å². The molecular formula is C19H22O2. The van der Waals surface area contributed by atoms with Crippen LogP contribution in [0, 0.1) is 6.92 Å². The van der Waals surface area contributed by atoms with E-state index in [2.05, 4.69) is 39.0 Å². The molecule has 0 N–H and O–H groups in total. The summed E-state index contributed by atoms with van der Waals surface area (Å²) >= 11 is 0. The van der Waals surface area contributed by atoms with Crippen molar-refractivity contribution in [3.05, 3.63) is 59.2 Å².